The van der Waals surface area contributed by atoms with Crippen LogP contribution in [0, 0.1) is 36.7 Å². The normalized spacial score (nSPS) is 9.67. The molecule has 6 nitrogen and oxygen atoms in total. The molecule has 0 saturated heterocycles. The molecule has 0 aromatic heterocycles. The van der Waals surface area contributed by atoms with Gasteiger partial charge in [-0.25, -0.2) is 0 Å². The van der Waals surface area contributed by atoms with E-state index in [1.165, 1.54) is 33.4 Å². The van der Waals surface area contributed by atoms with E-state index in [-0.39, 0.29) is 28.4 Å². The van der Waals surface area contributed by atoms with E-state index in [1.807, 2.05) is 51.1 Å². The minimum atomic E-state index is -0.886. The van der Waals surface area contributed by atoms with Crippen LogP contribution in [0.3, 0.4) is 0 Å². The third-order valence-corrected chi connectivity index (χ3v) is 11.1. The van der Waals surface area contributed by atoms with Gasteiger partial charge in [0.1, 0.15) is 0 Å². The number of nitriles is 1. The number of allylic oxidation sites excluding steroid dienone is 2. The van der Waals surface area contributed by atoms with E-state index in [0.29, 0.717) is 0 Å². The van der Waals surface area contributed by atoms with Gasteiger partial charge in [0.15, 0.2) is 0 Å². The van der Waals surface area contributed by atoms with Crippen molar-refractivity contribution >= 4 is 37.1 Å². The van der Waals surface area contributed by atoms with Gasteiger partial charge in [0, 0.05) is 22.5 Å². The SMILES string of the molecule is CC(C)(C)C#N.CO/C([O-])=C\C=C(P(c1ccccc1)c1ccccc1)P(c1ccccc1)c1ccccc1.[C-]#[O+].[C-]#[O+].[C-]#[O+].[Mn]. The Balaban J connectivity index is 0. The average molecular weight is 690 g/mol. The molecule has 0 N–H and O–H groups in total. The van der Waals surface area contributed by atoms with E-state index in [4.69, 9.17) is 24.0 Å². The maximum atomic E-state index is 12.2. The van der Waals surface area contributed by atoms with E-state index in [1.54, 1.807) is 6.08 Å². The summed E-state index contributed by atoms with van der Waals surface area (Å²) >= 11 is 0. The molecule has 4 rings (SSSR count). The Morgan fingerprint density at radius 3 is 1.07 bits per heavy atom. The van der Waals surface area contributed by atoms with E-state index >= 15 is 0 Å². The van der Waals surface area contributed by atoms with Crippen LogP contribution in [-0.2, 0) is 35.8 Å². The number of hydrogen-bond donors (Lipinski definition) is 0. The fourth-order valence-corrected chi connectivity index (χ4v) is 9.76. The maximum absolute atomic E-state index is 12.2. The van der Waals surface area contributed by atoms with E-state index < -0.39 is 15.8 Å². The first-order chi connectivity index (χ1) is 21.8. The zero-order chi connectivity index (χ0) is 34.1. The summed E-state index contributed by atoms with van der Waals surface area (Å²) in [6.45, 7) is 19.1. The van der Waals surface area contributed by atoms with Crippen molar-refractivity contribution in [2.24, 2.45) is 5.41 Å². The molecule has 0 amide bonds. The van der Waals surface area contributed by atoms with Crippen molar-refractivity contribution in [1.82, 2.24) is 0 Å². The topological polar surface area (TPSA) is 116 Å². The van der Waals surface area contributed by atoms with Crippen LogP contribution in [0.1, 0.15) is 20.8 Å². The molecule has 4 aromatic carbocycles. The van der Waals surface area contributed by atoms with Crippen LogP contribution >= 0.6 is 15.8 Å². The molecular formula is C37H34MnNO5P2-. The summed E-state index contributed by atoms with van der Waals surface area (Å²) in [5.41, 5.74) is -0.153. The minimum absolute atomic E-state index is 0. The Kier molecular flexibility index (Phi) is 25.2. The maximum Gasteiger partial charge on any atom is 0 e. The third-order valence-electron chi connectivity index (χ3n) is 5.42. The largest absolute Gasteiger partial charge is 0 e. The van der Waals surface area contributed by atoms with Gasteiger partial charge in [-0.2, -0.15) is 5.26 Å². The van der Waals surface area contributed by atoms with Crippen molar-refractivity contribution in [1.29, 1.82) is 5.26 Å². The summed E-state index contributed by atoms with van der Waals surface area (Å²) in [6, 6.07) is 44.5. The Morgan fingerprint density at radius 1 is 0.630 bits per heavy atom. The van der Waals surface area contributed by atoms with Gasteiger partial charge in [-0.3, -0.25) is 0 Å². The van der Waals surface area contributed by atoms with Crippen molar-refractivity contribution in [3.63, 3.8) is 0 Å². The van der Waals surface area contributed by atoms with Crippen LogP contribution in [0.4, 0.5) is 0 Å². The number of rotatable bonds is 8. The standard InChI is InChI=1S/C29H26O2P2.C5H9N.3CO.Mn/c1-31-28(30)22-23-29(32(24-14-6-2-7-15-24)25-16-8-3-9-17-25)33(26-18-10-4-11-19-26)27-20-12-5-13-21-27;1-5(2,3)4-6;3*1-2;/h2-23,30H,1H3;1-3H3;;;;/p-1/b28-22-;;;;;. The molecular weight excluding hydrogens is 655 g/mol. The minimum Gasteiger partial charge on any atom is 0 e. The van der Waals surface area contributed by atoms with Gasteiger partial charge < -0.3 is 9.84 Å². The van der Waals surface area contributed by atoms with Crippen molar-refractivity contribution in [2.45, 2.75) is 20.8 Å². The smallest absolute Gasteiger partial charge is 0 e. The predicted molar refractivity (Wildman–Crippen MR) is 178 cm³/mol. The molecule has 0 unspecified atom stereocenters. The molecule has 0 aliphatic carbocycles. The number of ether oxygens (including phenoxy) is 1. The van der Waals surface area contributed by atoms with Crippen LogP contribution in [-0.4, -0.2) is 7.11 Å². The summed E-state index contributed by atoms with van der Waals surface area (Å²) < 4.78 is 27.5. The van der Waals surface area contributed by atoms with Gasteiger partial charge in [-0.1, -0.05) is 127 Å². The fraction of sp³-hybridized carbons (Fsp3) is 0.135. The molecule has 0 aliphatic rings. The summed E-state index contributed by atoms with van der Waals surface area (Å²) in [5.74, 6) is -0.348. The van der Waals surface area contributed by atoms with Gasteiger partial charge in [-0.15, -0.1) is 0 Å². The number of benzene rings is 4. The monoisotopic (exact) mass is 689 g/mol. The molecule has 235 valence electrons. The number of hydrogen-bond acceptors (Lipinski definition) is 3. The van der Waals surface area contributed by atoms with Gasteiger partial charge in [-0.05, 0) is 76.1 Å². The van der Waals surface area contributed by atoms with E-state index in [9.17, 15) is 5.11 Å². The first-order valence-corrected chi connectivity index (χ1v) is 16.0. The molecule has 4 aromatic rings. The fourth-order valence-electron chi connectivity index (χ4n) is 3.60. The molecule has 0 fully saturated rings. The van der Waals surface area contributed by atoms with Gasteiger partial charge in [0.2, 0.25) is 0 Å². The zero-order valence-corrected chi connectivity index (χ0v) is 28.9. The second-order valence-corrected chi connectivity index (χ2v) is 14.3. The Labute approximate surface area is 286 Å². The van der Waals surface area contributed by atoms with E-state index in [2.05, 4.69) is 123 Å². The van der Waals surface area contributed by atoms with Crippen LogP contribution < -0.4 is 26.3 Å². The van der Waals surface area contributed by atoms with E-state index in [0.717, 1.165) is 0 Å². The first kappa shape index (κ1) is 44.2. The molecule has 9 heteroatoms. The van der Waals surface area contributed by atoms with Crippen LogP contribution in [0.25, 0.3) is 0 Å². The van der Waals surface area contributed by atoms with Crippen molar-refractivity contribution in [3.05, 3.63) is 164 Å². The van der Waals surface area contributed by atoms with Crippen molar-refractivity contribution in [3.8, 4) is 6.07 Å². The first-order valence-electron chi connectivity index (χ1n) is 13.3. The quantitative estimate of drug-likeness (QED) is 0.0534. The molecule has 0 bridgehead atoms. The van der Waals surface area contributed by atoms with Crippen molar-refractivity contribution < 1.29 is 40.9 Å². The molecule has 0 spiro atoms. The summed E-state index contributed by atoms with van der Waals surface area (Å²) in [6.07, 6.45) is 3.57. The van der Waals surface area contributed by atoms with Crippen LogP contribution in [0.15, 0.2) is 144 Å². The molecule has 0 heterocycles. The molecule has 0 saturated carbocycles. The summed E-state index contributed by atoms with van der Waals surface area (Å²) in [5, 5.41) is 26.6. The molecule has 0 atom stereocenters. The van der Waals surface area contributed by atoms with Crippen molar-refractivity contribution in [2.75, 3.05) is 7.11 Å². The zero-order valence-electron chi connectivity index (χ0n) is 26.0. The number of nitrogens with zero attached hydrogens (tertiary/aromatic N) is 1. The number of methoxy groups -OCH3 is 1. The summed E-state index contributed by atoms with van der Waals surface area (Å²) in [4.78, 5) is 0. The molecule has 46 heavy (non-hydrogen) atoms. The second kappa shape index (κ2) is 26.3. The Hall–Kier alpha value is -3.95. The third kappa shape index (κ3) is 15.9. The average Bonchev–Trinajstić information content (AvgIpc) is 3.11. The van der Waals surface area contributed by atoms with Gasteiger partial charge >= 0.3 is 33.9 Å². The van der Waals surface area contributed by atoms with Gasteiger partial charge in [0.05, 0.1) is 12.0 Å². The second-order valence-electron chi connectivity index (χ2n) is 9.59. The molecule has 0 aliphatic heterocycles. The van der Waals surface area contributed by atoms with Gasteiger partial charge in [0.25, 0.3) is 0 Å². The van der Waals surface area contributed by atoms with Crippen LogP contribution in [0.5, 0.6) is 0 Å². The summed E-state index contributed by atoms with van der Waals surface area (Å²) in [7, 11) is -0.354. The Morgan fingerprint density at radius 2 is 0.870 bits per heavy atom. The Bertz CT molecular complexity index is 1350. The predicted octanol–water partition coefficient (Wildman–Crippen LogP) is 6.38. The molecule has 1 radical (unpaired) electrons. The van der Waals surface area contributed by atoms with Crippen LogP contribution in [0.2, 0.25) is 0 Å².